The number of aryl methyl sites for hydroxylation is 3. The molecule has 0 bridgehead atoms. The van der Waals surface area contributed by atoms with Crippen LogP contribution in [0.5, 0.6) is 0 Å². The summed E-state index contributed by atoms with van der Waals surface area (Å²) in [6, 6.07) is 23.1. The van der Waals surface area contributed by atoms with Gasteiger partial charge in [0.15, 0.2) is 0 Å². The Balaban J connectivity index is 1.71. The summed E-state index contributed by atoms with van der Waals surface area (Å²) in [6.45, 7) is 15.7. The summed E-state index contributed by atoms with van der Waals surface area (Å²) in [5.74, 6) is -3.23. The van der Waals surface area contributed by atoms with Gasteiger partial charge in [0.2, 0.25) is 0 Å². The number of anilines is 3. The Kier molecular flexibility index (Phi) is 19.1. The fourth-order valence-electron chi connectivity index (χ4n) is 5.22. The van der Waals surface area contributed by atoms with Gasteiger partial charge >= 0.3 is 35.8 Å². The molecule has 0 amide bonds. The van der Waals surface area contributed by atoms with Crippen molar-refractivity contribution < 1.29 is 57.2 Å². The van der Waals surface area contributed by atoms with Gasteiger partial charge in [0, 0.05) is 36.3 Å². The minimum Gasteiger partial charge on any atom is -0.463 e. The van der Waals surface area contributed by atoms with Crippen molar-refractivity contribution in [2.75, 3.05) is 44.5 Å². The third-order valence-electron chi connectivity index (χ3n) is 8.35. The Morgan fingerprint density at radius 3 is 0.879 bits per heavy atom. The van der Waals surface area contributed by atoms with Crippen LogP contribution in [0.15, 0.2) is 109 Å². The van der Waals surface area contributed by atoms with Gasteiger partial charge in [-0.25, -0.2) is 14.4 Å². The normalized spacial score (nSPS) is 10.4. The Morgan fingerprint density at radius 2 is 0.655 bits per heavy atom. The van der Waals surface area contributed by atoms with E-state index in [-0.39, 0.29) is 75.6 Å². The van der Waals surface area contributed by atoms with E-state index in [1.807, 2.05) is 77.7 Å². The molecular formula is C45H51NO12. The van der Waals surface area contributed by atoms with Crippen molar-refractivity contribution in [1.82, 2.24) is 0 Å². The topological polar surface area (TPSA) is 161 Å². The Labute approximate surface area is 339 Å². The first kappa shape index (κ1) is 45.9. The van der Waals surface area contributed by atoms with Gasteiger partial charge in [-0.3, -0.25) is 14.4 Å². The van der Waals surface area contributed by atoms with E-state index in [1.54, 1.807) is 20.8 Å². The molecule has 0 radical (unpaired) electrons. The molecule has 0 aliphatic rings. The predicted octanol–water partition coefficient (Wildman–Crippen LogP) is 6.94. The first-order valence-electron chi connectivity index (χ1n) is 18.9. The highest BCUT2D eigenvalue weighted by Gasteiger charge is 2.17. The summed E-state index contributed by atoms with van der Waals surface area (Å²) in [5.41, 5.74) is 5.36. The molecule has 13 nitrogen and oxygen atoms in total. The summed E-state index contributed by atoms with van der Waals surface area (Å²) in [4.78, 5) is 74.3. The fourth-order valence-corrected chi connectivity index (χ4v) is 5.22. The van der Waals surface area contributed by atoms with Crippen LogP contribution in [0.2, 0.25) is 0 Å². The van der Waals surface area contributed by atoms with Gasteiger partial charge in [-0.05, 0) is 93.1 Å². The molecule has 0 fully saturated rings. The van der Waals surface area contributed by atoms with Crippen molar-refractivity contribution >= 4 is 52.9 Å². The zero-order valence-electron chi connectivity index (χ0n) is 33.4. The fraction of sp³-hybridized carbons (Fsp3) is 0.333. The highest BCUT2D eigenvalue weighted by molar-refractivity contribution is 5.89. The number of carbonyl (C=O) groups excluding carboxylic acids is 6. The Hall–Kier alpha value is -6.50. The van der Waals surface area contributed by atoms with Crippen molar-refractivity contribution in [1.29, 1.82) is 0 Å². The molecule has 0 atom stereocenters. The smallest absolute Gasteiger partial charge is 0.336 e. The number of hydrogen-bond donors (Lipinski definition) is 0. The zero-order chi connectivity index (χ0) is 42.5. The molecular weight excluding hydrogens is 746 g/mol. The molecule has 0 aromatic heterocycles. The summed E-state index contributed by atoms with van der Waals surface area (Å²) >= 11 is 0. The second kappa shape index (κ2) is 24.2. The number of nitrogens with zero attached hydrogens (tertiary/aromatic N) is 1. The second-order valence-corrected chi connectivity index (χ2v) is 12.8. The maximum absolute atomic E-state index is 12.4. The van der Waals surface area contributed by atoms with Gasteiger partial charge in [-0.1, -0.05) is 56.1 Å². The predicted molar refractivity (Wildman–Crippen MR) is 216 cm³/mol. The molecule has 0 spiro atoms. The summed E-state index contributed by atoms with van der Waals surface area (Å²) in [6.07, 6.45) is 1.53. The molecule has 58 heavy (non-hydrogen) atoms. The van der Waals surface area contributed by atoms with E-state index in [1.165, 1.54) is 0 Å². The van der Waals surface area contributed by atoms with E-state index < -0.39 is 35.8 Å². The number of benzene rings is 3. The Morgan fingerprint density at radius 1 is 0.414 bits per heavy atom. The van der Waals surface area contributed by atoms with Crippen LogP contribution in [0.1, 0.15) is 56.7 Å². The van der Waals surface area contributed by atoms with Gasteiger partial charge in [-0.2, -0.15) is 0 Å². The van der Waals surface area contributed by atoms with E-state index in [4.69, 9.17) is 28.4 Å². The Bertz CT molecular complexity index is 1690. The van der Waals surface area contributed by atoms with E-state index in [0.717, 1.165) is 33.8 Å². The highest BCUT2D eigenvalue weighted by Crippen LogP contribution is 2.35. The van der Waals surface area contributed by atoms with Crippen LogP contribution in [0.25, 0.3) is 0 Å². The van der Waals surface area contributed by atoms with Crippen molar-refractivity contribution in [3.05, 3.63) is 126 Å². The van der Waals surface area contributed by atoms with E-state index in [2.05, 4.69) is 19.7 Å². The lowest BCUT2D eigenvalue weighted by Gasteiger charge is -2.26. The van der Waals surface area contributed by atoms with Crippen molar-refractivity contribution in [3.63, 3.8) is 0 Å². The minimum absolute atomic E-state index is 0.0644. The van der Waals surface area contributed by atoms with Crippen molar-refractivity contribution in [2.45, 2.75) is 59.3 Å². The lowest BCUT2D eigenvalue weighted by atomic mass is 10.1. The number of ether oxygens (including phenoxy) is 6. The largest absolute Gasteiger partial charge is 0.463 e. The van der Waals surface area contributed by atoms with Crippen LogP contribution in [0.3, 0.4) is 0 Å². The molecule has 0 unspecified atom stereocenters. The van der Waals surface area contributed by atoms with Crippen LogP contribution in [0.4, 0.5) is 17.1 Å². The van der Waals surface area contributed by atoms with E-state index >= 15 is 0 Å². The molecule has 0 N–H and O–H groups in total. The summed E-state index contributed by atoms with van der Waals surface area (Å²) in [5, 5.41) is 0. The number of rotatable bonds is 24. The highest BCUT2D eigenvalue weighted by atomic mass is 16.6. The zero-order valence-corrected chi connectivity index (χ0v) is 33.4. The van der Waals surface area contributed by atoms with Gasteiger partial charge in [0.05, 0.1) is 36.5 Å². The maximum Gasteiger partial charge on any atom is 0.336 e. The van der Waals surface area contributed by atoms with Crippen LogP contribution in [0, 0.1) is 0 Å². The number of esters is 6. The third kappa shape index (κ3) is 15.6. The van der Waals surface area contributed by atoms with Gasteiger partial charge in [-0.15, -0.1) is 0 Å². The van der Waals surface area contributed by atoms with Crippen LogP contribution in [-0.2, 0) is 76.5 Å². The van der Waals surface area contributed by atoms with Crippen molar-refractivity contribution in [2.24, 2.45) is 0 Å². The molecule has 3 rings (SSSR count). The first-order chi connectivity index (χ1) is 27.8. The average Bonchev–Trinajstić information content (AvgIpc) is 3.23. The second-order valence-electron chi connectivity index (χ2n) is 12.8. The molecule has 0 saturated heterocycles. The standard InChI is InChI=1S/C45H51NO12/c1-7-53-43(50)31(4)28-56-40(47)25-16-34-10-19-37(20-11-34)46(38-21-12-35(13-22-38)17-26-41(48)57-29-32(5)44(51)54-8-2)39-23-14-36(15-24-39)18-27-42(49)58-30-33(6)45(52)55-9-3/h10-15,19-24H,4-9,16-18,25-30H2,1-3H3. The van der Waals surface area contributed by atoms with Gasteiger partial charge in [0.1, 0.15) is 19.8 Å². The average molecular weight is 798 g/mol. The molecule has 0 heterocycles. The van der Waals surface area contributed by atoms with Gasteiger partial charge in [0.25, 0.3) is 0 Å². The molecule has 308 valence electrons. The van der Waals surface area contributed by atoms with E-state index in [9.17, 15) is 28.8 Å². The first-order valence-corrected chi connectivity index (χ1v) is 18.9. The molecule has 13 heteroatoms. The molecule has 0 aliphatic carbocycles. The quantitative estimate of drug-likeness (QED) is 0.0521. The van der Waals surface area contributed by atoms with Crippen LogP contribution >= 0.6 is 0 Å². The van der Waals surface area contributed by atoms with E-state index in [0.29, 0.717) is 19.3 Å². The SMILES string of the molecule is C=C(COC(=O)CCc1ccc(N(c2ccc(CCC(=O)OCC(=C)C(=O)OCC)cc2)c2ccc(CCC(=O)OCC(=C)C(=O)OCC)cc2)cc1)C(=O)OCC. The lowest BCUT2D eigenvalue weighted by Crippen LogP contribution is -2.15. The summed E-state index contributed by atoms with van der Waals surface area (Å²) < 4.78 is 30.2. The monoisotopic (exact) mass is 797 g/mol. The molecule has 3 aromatic rings. The molecule has 3 aromatic carbocycles. The van der Waals surface area contributed by atoms with Crippen LogP contribution < -0.4 is 4.90 Å². The maximum atomic E-state index is 12.4. The summed E-state index contributed by atoms with van der Waals surface area (Å²) in [7, 11) is 0. The van der Waals surface area contributed by atoms with Gasteiger partial charge < -0.3 is 33.3 Å². The van der Waals surface area contributed by atoms with Crippen LogP contribution in [-0.4, -0.2) is 75.5 Å². The lowest BCUT2D eigenvalue weighted by molar-refractivity contribution is -0.146. The number of carbonyl (C=O) groups is 6. The molecule has 0 aliphatic heterocycles. The van der Waals surface area contributed by atoms with Crippen molar-refractivity contribution in [3.8, 4) is 0 Å². The minimum atomic E-state index is -0.605. The number of hydrogen-bond acceptors (Lipinski definition) is 13. The molecule has 0 saturated carbocycles. The third-order valence-corrected chi connectivity index (χ3v) is 8.35.